The number of benzene rings is 1. The van der Waals surface area contributed by atoms with Crippen molar-refractivity contribution < 1.29 is 13.2 Å². The molecule has 0 heterocycles. The van der Waals surface area contributed by atoms with E-state index < -0.39 is 12.2 Å². The van der Waals surface area contributed by atoms with Crippen LogP contribution >= 0.6 is 11.6 Å². The monoisotopic (exact) mass is 224 g/mol. The molecule has 0 aliphatic carbocycles. The zero-order valence-corrected chi connectivity index (χ0v) is 7.73. The Morgan fingerprint density at radius 2 is 1.71 bits per heavy atom. The van der Waals surface area contributed by atoms with Gasteiger partial charge >= 0.3 is 6.18 Å². The Morgan fingerprint density at radius 3 is 2.07 bits per heavy atom. The molecule has 0 unspecified atom stereocenters. The van der Waals surface area contributed by atoms with Crippen molar-refractivity contribution in [3.63, 3.8) is 0 Å². The summed E-state index contributed by atoms with van der Waals surface area (Å²) in [5, 5.41) is 0.381. The number of hydrogen-bond donors (Lipinski definition) is 2. The first-order chi connectivity index (χ1) is 6.45. The highest BCUT2D eigenvalue weighted by Crippen LogP contribution is 2.32. The van der Waals surface area contributed by atoms with Gasteiger partial charge in [0.1, 0.15) is 6.04 Å². The number of nitrogens with two attached hydrogens (primary N) is 1. The Labute approximate surface area is 83.8 Å². The SMILES string of the molecule is NN[C@@H](c1ccc(Cl)cc1)C(F)(F)F. The Kier molecular flexibility index (Phi) is 3.36. The number of hydrazine groups is 1. The van der Waals surface area contributed by atoms with E-state index >= 15 is 0 Å². The Morgan fingerprint density at radius 1 is 1.21 bits per heavy atom. The summed E-state index contributed by atoms with van der Waals surface area (Å²) < 4.78 is 37.0. The minimum atomic E-state index is -4.41. The van der Waals surface area contributed by atoms with Crippen LogP contribution in [0.15, 0.2) is 24.3 Å². The fourth-order valence-electron chi connectivity index (χ4n) is 1.03. The van der Waals surface area contributed by atoms with E-state index in [4.69, 9.17) is 17.4 Å². The zero-order chi connectivity index (χ0) is 10.8. The van der Waals surface area contributed by atoms with Gasteiger partial charge in [-0.3, -0.25) is 5.84 Å². The second-order valence-corrected chi connectivity index (χ2v) is 3.13. The first-order valence-corrected chi connectivity index (χ1v) is 4.11. The molecule has 0 aliphatic rings. The lowest BCUT2D eigenvalue weighted by atomic mass is 10.1. The van der Waals surface area contributed by atoms with Gasteiger partial charge in [-0.05, 0) is 17.7 Å². The van der Waals surface area contributed by atoms with E-state index in [1.165, 1.54) is 24.3 Å². The quantitative estimate of drug-likeness (QED) is 0.598. The highest BCUT2D eigenvalue weighted by Gasteiger charge is 2.39. The lowest BCUT2D eigenvalue weighted by Crippen LogP contribution is -2.38. The summed E-state index contributed by atoms with van der Waals surface area (Å²) in [4.78, 5) is 0. The summed E-state index contributed by atoms with van der Waals surface area (Å²) in [5.41, 5.74) is 1.74. The molecule has 0 saturated carbocycles. The molecular formula is C8H8ClF3N2. The minimum Gasteiger partial charge on any atom is -0.271 e. The molecule has 1 aromatic rings. The smallest absolute Gasteiger partial charge is 0.271 e. The molecule has 0 saturated heterocycles. The molecule has 0 aromatic heterocycles. The van der Waals surface area contributed by atoms with E-state index in [2.05, 4.69) is 0 Å². The van der Waals surface area contributed by atoms with Crippen molar-refractivity contribution in [3.05, 3.63) is 34.9 Å². The lowest BCUT2D eigenvalue weighted by Gasteiger charge is -2.19. The number of nitrogens with one attached hydrogen (secondary N) is 1. The molecule has 0 bridgehead atoms. The van der Waals surface area contributed by atoms with Crippen LogP contribution in [0.5, 0.6) is 0 Å². The molecule has 0 amide bonds. The molecule has 14 heavy (non-hydrogen) atoms. The van der Waals surface area contributed by atoms with Crippen molar-refractivity contribution >= 4 is 11.6 Å². The van der Waals surface area contributed by atoms with Gasteiger partial charge < -0.3 is 0 Å². The van der Waals surface area contributed by atoms with Crippen molar-refractivity contribution in [2.45, 2.75) is 12.2 Å². The van der Waals surface area contributed by atoms with Crippen molar-refractivity contribution in [1.82, 2.24) is 5.43 Å². The average Bonchev–Trinajstić information content (AvgIpc) is 2.07. The van der Waals surface area contributed by atoms with Crippen LogP contribution in [-0.4, -0.2) is 6.18 Å². The molecule has 1 atom stereocenters. The molecular weight excluding hydrogens is 217 g/mol. The Hall–Kier alpha value is -0.780. The summed E-state index contributed by atoms with van der Waals surface area (Å²) >= 11 is 5.54. The van der Waals surface area contributed by atoms with Gasteiger partial charge in [0.05, 0.1) is 0 Å². The molecule has 1 aromatic carbocycles. The van der Waals surface area contributed by atoms with E-state index in [-0.39, 0.29) is 5.56 Å². The van der Waals surface area contributed by atoms with E-state index in [9.17, 15) is 13.2 Å². The highest BCUT2D eigenvalue weighted by atomic mass is 35.5. The van der Waals surface area contributed by atoms with Gasteiger partial charge in [-0.2, -0.15) is 13.2 Å². The molecule has 78 valence electrons. The second-order valence-electron chi connectivity index (χ2n) is 2.69. The van der Waals surface area contributed by atoms with Gasteiger partial charge in [0.25, 0.3) is 0 Å². The van der Waals surface area contributed by atoms with E-state index in [0.29, 0.717) is 5.02 Å². The number of rotatable bonds is 2. The Balaban J connectivity index is 2.96. The van der Waals surface area contributed by atoms with Gasteiger partial charge in [-0.1, -0.05) is 23.7 Å². The first kappa shape index (κ1) is 11.3. The molecule has 0 fully saturated rings. The van der Waals surface area contributed by atoms with Crippen molar-refractivity contribution in [2.75, 3.05) is 0 Å². The fourth-order valence-corrected chi connectivity index (χ4v) is 1.16. The lowest BCUT2D eigenvalue weighted by molar-refractivity contribution is -0.157. The third-order valence-electron chi connectivity index (χ3n) is 1.70. The predicted molar refractivity (Wildman–Crippen MR) is 47.6 cm³/mol. The Bertz CT molecular complexity index is 296. The summed E-state index contributed by atoms with van der Waals surface area (Å²) in [6.45, 7) is 0. The topological polar surface area (TPSA) is 38.0 Å². The largest absolute Gasteiger partial charge is 0.409 e. The molecule has 6 heteroatoms. The molecule has 0 spiro atoms. The van der Waals surface area contributed by atoms with Crippen LogP contribution in [0.4, 0.5) is 13.2 Å². The normalized spacial score (nSPS) is 14.1. The zero-order valence-electron chi connectivity index (χ0n) is 6.98. The van der Waals surface area contributed by atoms with E-state index in [0.717, 1.165) is 0 Å². The third kappa shape index (κ3) is 2.60. The van der Waals surface area contributed by atoms with Gasteiger partial charge in [0.15, 0.2) is 0 Å². The maximum atomic E-state index is 12.3. The van der Waals surface area contributed by atoms with E-state index in [1.54, 1.807) is 5.43 Å². The van der Waals surface area contributed by atoms with Crippen LogP contribution in [0, 0.1) is 0 Å². The molecule has 3 N–H and O–H groups in total. The highest BCUT2D eigenvalue weighted by molar-refractivity contribution is 6.30. The average molecular weight is 225 g/mol. The van der Waals surface area contributed by atoms with Crippen LogP contribution < -0.4 is 11.3 Å². The van der Waals surface area contributed by atoms with Crippen molar-refractivity contribution in [2.24, 2.45) is 5.84 Å². The molecule has 0 radical (unpaired) electrons. The summed E-state index contributed by atoms with van der Waals surface area (Å²) in [5.74, 6) is 4.83. The molecule has 2 nitrogen and oxygen atoms in total. The van der Waals surface area contributed by atoms with Crippen LogP contribution in [0.1, 0.15) is 11.6 Å². The summed E-state index contributed by atoms with van der Waals surface area (Å²) in [6.07, 6.45) is -4.41. The predicted octanol–water partition coefficient (Wildman–Crippen LogP) is 2.41. The summed E-state index contributed by atoms with van der Waals surface area (Å²) in [7, 11) is 0. The van der Waals surface area contributed by atoms with Gasteiger partial charge in [-0.25, -0.2) is 5.43 Å². The van der Waals surface area contributed by atoms with Gasteiger partial charge in [0.2, 0.25) is 0 Å². The molecule has 0 aliphatic heterocycles. The van der Waals surface area contributed by atoms with Gasteiger partial charge in [-0.15, -0.1) is 0 Å². The minimum absolute atomic E-state index is 0.0319. The van der Waals surface area contributed by atoms with Gasteiger partial charge in [0, 0.05) is 5.02 Å². The van der Waals surface area contributed by atoms with Crippen molar-refractivity contribution in [3.8, 4) is 0 Å². The standard InChI is InChI=1S/C8H8ClF3N2/c9-6-3-1-5(2-4-6)7(14-13)8(10,11)12/h1-4,7,14H,13H2/t7-/m0/s1. The molecule has 1 rings (SSSR count). The first-order valence-electron chi connectivity index (χ1n) is 3.73. The summed E-state index contributed by atoms with van der Waals surface area (Å²) in [6, 6.07) is 3.46. The van der Waals surface area contributed by atoms with E-state index in [1.807, 2.05) is 0 Å². The van der Waals surface area contributed by atoms with Crippen molar-refractivity contribution in [1.29, 1.82) is 0 Å². The second kappa shape index (κ2) is 4.16. The van der Waals surface area contributed by atoms with Crippen LogP contribution in [0.2, 0.25) is 5.02 Å². The van der Waals surface area contributed by atoms with Crippen LogP contribution in [-0.2, 0) is 0 Å². The number of hydrogen-bond acceptors (Lipinski definition) is 2. The maximum absolute atomic E-state index is 12.3. The third-order valence-corrected chi connectivity index (χ3v) is 1.95. The number of halogens is 4. The number of alkyl halides is 3. The van der Waals surface area contributed by atoms with Crippen LogP contribution in [0.25, 0.3) is 0 Å². The van der Waals surface area contributed by atoms with Crippen LogP contribution in [0.3, 0.4) is 0 Å². The maximum Gasteiger partial charge on any atom is 0.409 e. The fraction of sp³-hybridized carbons (Fsp3) is 0.250.